The first-order valence-corrected chi connectivity index (χ1v) is 11.1. The van der Waals surface area contributed by atoms with E-state index in [0.29, 0.717) is 29.9 Å². The molecule has 29 heavy (non-hydrogen) atoms. The summed E-state index contributed by atoms with van der Waals surface area (Å²) in [4.78, 5) is 14.6. The molecule has 2 N–H and O–H groups in total. The number of alkyl halides is 3. The topological polar surface area (TPSA) is 82.1 Å². The Bertz CT molecular complexity index is 768. The van der Waals surface area contributed by atoms with Crippen molar-refractivity contribution in [3.05, 3.63) is 6.33 Å². The average Bonchev–Trinajstić information content (AvgIpc) is 3.03. The number of unbranched alkanes of at least 4 members (excludes halogenated alkanes) is 3. The number of ether oxygens (including phenoxy) is 1. The number of anilines is 2. The molecule has 2 aromatic heterocycles. The van der Waals surface area contributed by atoms with Gasteiger partial charge in [0.15, 0.2) is 17.0 Å². The predicted molar refractivity (Wildman–Crippen MR) is 112 cm³/mol. The third-order valence-electron chi connectivity index (χ3n) is 4.39. The van der Waals surface area contributed by atoms with Crippen LogP contribution in [-0.2, 0) is 11.3 Å². The monoisotopic (exact) mass is 434 g/mol. The van der Waals surface area contributed by atoms with Gasteiger partial charge >= 0.3 is 6.18 Å². The van der Waals surface area contributed by atoms with E-state index in [0.717, 1.165) is 25.7 Å². The number of hydrogen-bond acceptors (Lipinski definition) is 6. The summed E-state index contributed by atoms with van der Waals surface area (Å²) in [7, 11) is 3.39. The second-order valence-corrected chi connectivity index (χ2v) is 8.52. The third-order valence-corrected chi connectivity index (χ3v) is 5.90. The Balaban J connectivity index is 1.98. The number of nitrogen functional groups attached to an aromatic ring is 1. The highest BCUT2D eigenvalue weighted by molar-refractivity contribution is 7.38. The number of imidazole rings is 1. The molecule has 7 nitrogen and oxygen atoms in total. The summed E-state index contributed by atoms with van der Waals surface area (Å²) in [5.41, 5.74) is 7.01. The summed E-state index contributed by atoms with van der Waals surface area (Å²) in [5, 5.41) is 0. The highest BCUT2D eigenvalue weighted by atomic mass is 31.1. The van der Waals surface area contributed by atoms with Crippen molar-refractivity contribution in [3.8, 4) is 0 Å². The summed E-state index contributed by atoms with van der Waals surface area (Å²) in [5.74, 6) is 0.386. The van der Waals surface area contributed by atoms with Gasteiger partial charge in [0, 0.05) is 20.6 Å². The van der Waals surface area contributed by atoms with Gasteiger partial charge in [-0.05, 0) is 6.42 Å². The molecule has 11 heteroatoms. The lowest BCUT2D eigenvalue weighted by atomic mass is 10.2. The fraction of sp³-hybridized carbons (Fsp3) is 0.722. The Morgan fingerprint density at radius 1 is 1.24 bits per heavy atom. The summed E-state index contributed by atoms with van der Waals surface area (Å²) < 4.78 is 45.5. The maximum atomic E-state index is 12.6. The number of rotatable bonds is 12. The van der Waals surface area contributed by atoms with Crippen molar-refractivity contribution in [2.24, 2.45) is 0 Å². The van der Waals surface area contributed by atoms with E-state index in [4.69, 9.17) is 10.5 Å². The lowest BCUT2D eigenvalue weighted by molar-refractivity contribution is -0.106. The molecule has 0 aromatic carbocycles. The lowest BCUT2D eigenvalue weighted by Crippen LogP contribution is -2.17. The van der Waals surface area contributed by atoms with Gasteiger partial charge in [-0.2, -0.15) is 23.1 Å². The molecule has 0 spiro atoms. The van der Waals surface area contributed by atoms with Crippen molar-refractivity contribution in [3.63, 3.8) is 0 Å². The van der Waals surface area contributed by atoms with Gasteiger partial charge in [0.05, 0.1) is 24.9 Å². The van der Waals surface area contributed by atoms with E-state index in [-0.39, 0.29) is 27.0 Å². The lowest BCUT2D eigenvalue weighted by Gasteiger charge is -2.19. The Kier molecular flexibility index (Phi) is 8.89. The van der Waals surface area contributed by atoms with Gasteiger partial charge < -0.3 is 19.9 Å². The van der Waals surface area contributed by atoms with Crippen LogP contribution in [0.25, 0.3) is 11.2 Å². The maximum Gasteiger partial charge on any atom is 0.392 e. The smallest absolute Gasteiger partial charge is 0.372 e. The number of nitrogens with zero attached hydrogens (tertiary/aromatic N) is 5. The molecule has 0 saturated heterocycles. The van der Waals surface area contributed by atoms with Crippen LogP contribution in [0.2, 0.25) is 0 Å². The van der Waals surface area contributed by atoms with Crippen LogP contribution in [0.4, 0.5) is 24.9 Å². The van der Waals surface area contributed by atoms with Gasteiger partial charge in [0.2, 0.25) is 5.95 Å². The van der Waals surface area contributed by atoms with E-state index in [1.54, 1.807) is 15.8 Å². The first-order valence-electron chi connectivity index (χ1n) is 9.78. The zero-order valence-corrected chi connectivity index (χ0v) is 18.2. The van der Waals surface area contributed by atoms with E-state index in [2.05, 4.69) is 21.9 Å². The van der Waals surface area contributed by atoms with Gasteiger partial charge in [0.25, 0.3) is 0 Å². The molecule has 164 valence electrons. The number of halogens is 3. The molecular weight excluding hydrogens is 404 g/mol. The van der Waals surface area contributed by atoms with Crippen molar-refractivity contribution in [2.45, 2.75) is 57.6 Å². The van der Waals surface area contributed by atoms with Crippen LogP contribution in [0.5, 0.6) is 0 Å². The van der Waals surface area contributed by atoms with Crippen LogP contribution in [0.15, 0.2) is 6.33 Å². The number of aromatic nitrogens is 4. The van der Waals surface area contributed by atoms with Crippen molar-refractivity contribution in [1.82, 2.24) is 19.5 Å². The Morgan fingerprint density at radius 3 is 2.66 bits per heavy atom. The first-order chi connectivity index (χ1) is 13.7. The minimum Gasteiger partial charge on any atom is -0.372 e. The van der Waals surface area contributed by atoms with Crippen molar-refractivity contribution < 1.29 is 17.9 Å². The minimum atomic E-state index is -4.15. The van der Waals surface area contributed by atoms with Gasteiger partial charge in [0.1, 0.15) is 0 Å². The molecule has 0 radical (unpaired) electrons. The highest BCUT2D eigenvalue weighted by Gasteiger charge is 2.28. The van der Waals surface area contributed by atoms with Crippen LogP contribution in [0, 0.1) is 0 Å². The zero-order valence-electron chi connectivity index (χ0n) is 17.2. The van der Waals surface area contributed by atoms with Gasteiger partial charge in [-0.15, -0.1) is 0 Å². The second-order valence-electron chi connectivity index (χ2n) is 7.11. The van der Waals surface area contributed by atoms with Crippen molar-refractivity contribution in [1.29, 1.82) is 0 Å². The first kappa shape index (κ1) is 23.6. The molecule has 0 aliphatic rings. The molecule has 2 rings (SSSR count). The van der Waals surface area contributed by atoms with E-state index in [1.165, 1.54) is 0 Å². The molecule has 2 atom stereocenters. The van der Waals surface area contributed by atoms with E-state index >= 15 is 0 Å². The Labute approximate surface area is 171 Å². The van der Waals surface area contributed by atoms with Crippen molar-refractivity contribution >= 4 is 31.5 Å². The summed E-state index contributed by atoms with van der Waals surface area (Å²) in [6, 6.07) is 0. The van der Waals surface area contributed by atoms with Crippen LogP contribution < -0.4 is 10.6 Å². The van der Waals surface area contributed by atoms with Gasteiger partial charge in [-0.3, -0.25) is 0 Å². The third kappa shape index (κ3) is 7.59. The number of hydrogen-bond donors (Lipinski definition) is 1. The van der Waals surface area contributed by atoms with Crippen molar-refractivity contribution in [2.75, 3.05) is 37.5 Å². The molecule has 0 aliphatic heterocycles. The molecular formula is C18H30F3N6OP. The standard InChI is InChI=1S/C18H30F3N6OP/c1-4-5-6-7-8-13(29-11-18(19,20)21)28-10-9-27-12-23-14-15(26(2)3)24-17(22)25-16(14)27/h12-13,29H,4-11H2,1-3H3,(H2,22,24,25). The predicted octanol–water partition coefficient (Wildman–Crippen LogP) is 4.03. The molecule has 0 bridgehead atoms. The molecule has 0 aliphatic carbocycles. The normalized spacial score (nSPS) is 13.6. The Hall–Kier alpha value is -1.67. The zero-order chi connectivity index (χ0) is 21.4. The fourth-order valence-electron chi connectivity index (χ4n) is 2.94. The van der Waals surface area contributed by atoms with E-state index in [9.17, 15) is 13.2 Å². The van der Waals surface area contributed by atoms with Gasteiger partial charge in [-0.1, -0.05) is 41.2 Å². The summed E-state index contributed by atoms with van der Waals surface area (Å²) >= 11 is 0. The van der Waals surface area contributed by atoms with Crippen LogP contribution in [-0.4, -0.2) is 58.4 Å². The van der Waals surface area contributed by atoms with E-state index < -0.39 is 12.3 Å². The highest BCUT2D eigenvalue weighted by Crippen LogP contribution is 2.32. The van der Waals surface area contributed by atoms with Gasteiger partial charge in [-0.25, -0.2) is 4.98 Å². The average molecular weight is 434 g/mol. The summed E-state index contributed by atoms with van der Waals surface area (Å²) in [6.07, 6.45) is 1.41. The second kappa shape index (κ2) is 10.9. The number of nitrogens with two attached hydrogens (primary N) is 1. The Morgan fingerprint density at radius 2 is 2.00 bits per heavy atom. The number of fused-ring (bicyclic) bond motifs is 1. The molecule has 2 aromatic rings. The maximum absolute atomic E-state index is 12.6. The van der Waals surface area contributed by atoms with Crippen LogP contribution in [0.1, 0.15) is 39.0 Å². The SMILES string of the molecule is CCCCCCC(OCCn1cnc2c(N(C)C)nc(N)nc21)PCC(F)(F)F. The molecule has 0 fully saturated rings. The fourth-order valence-corrected chi connectivity index (χ4v) is 4.05. The van der Waals surface area contributed by atoms with E-state index in [1.807, 2.05) is 14.1 Å². The molecule has 0 saturated carbocycles. The molecule has 2 unspecified atom stereocenters. The summed E-state index contributed by atoms with van der Waals surface area (Å²) in [6.45, 7) is 2.82. The van der Waals surface area contributed by atoms with Crippen LogP contribution in [0.3, 0.4) is 0 Å². The molecule has 2 heterocycles. The minimum absolute atomic E-state index is 0.143. The largest absolute Gasteiger partial charge is 0.392 e. The molecule has 0 amide bonds. The van der Waals surface area contributed by atoms with Crippen LogP contribution >= 0.6 is 8.58 Å². The quantitative estimate of drug-likeness (QED) is 0.401.